The van der Waals surface area contributed by atoms with Gasteiger partial charge in [0.2, 0.25) is 0 Å². The molecule has 0 radical (unpaired) electrons. The van der Waals surface area contributed by atoms with Crippen LogP contribution in [0.2, 0.25) is 0 Å². The molecule has 22 heavy (non-hydrogen) atoms. The van der Waals surface area contributed by atoms with E-state index in [-0.39, 0.29) is 6.54 Å². The van der Waals surface area contributed by atoms with Gasteiger partial charge in [-0.25, -0.2) is 4.37 Å². The zero-order valence-electron chi connectivity index (χ0n) is 12.2. The molecule has 0 unspecified atom stereocenters. The zero-order valence-corrected chi connectivity index (χ0v) is 13.0. The predicted octanol–water partition coefficient (Wildman–Crippen LogP) is 3.04. The number of carbonyl (C=O) groups is 1. The third kappa shape index (κ3) is 3.46. The summed E-state index contributed by atoms with van der Waals surface area (Å²) in [6.07, 6.45) is -2.16. The van der Waals surface area contributed by atoms with Gasteiger partial charge in [-0.05, 0) is 32.3 Å². The zero-order chi connectivity index (χ0) is 16.5. The lowest BCUT2D eigenvalue weighted by Crippen LogP contribution is -2.31. The summed E-state index contributed by atoms with van der Waals surface area (Å²) in [5.74, 6) is -0.811. The summed E-state index contributed by atoms with van der Waals surface area (Å²) in [4.78, 5) is 12.1. The minimum absolute atomic E-state index is 0.118. The lowest BCUT2D eigenvalue weighted by Gasteiger charge is -2.23. The van der Waals surface area contributed by atoms with E-state index in [1.165, 1.54) is 11.5 Å². The Hall–Kier alpha value is -1.90. The Balaban J connectivity index is 2.30. The van der Waals surface area contributed by atoms with Gasteiger partial charge >= 0.3 is 6.18 Å². The van der Waals surface area contributed by atoms with E-state index in [1.54, 1.807) is 32.3 Å². The number of rotatable bonds is 3. The van der Waals surface area contributed by atoms with Gasteiger partial charge in [-0.1, -0.05) is 0 Å². The second-order valence-corrected chi connectivity index (χ2v) is 6.36. The van der Waals surface area contributed by atoms with Crippen LogP contribution in [0.25, 0.3) is 0 Å². The van der Waals surface area contributed by atoms with Crippen LogP contribution < -0.4 is 5.32 Å². The monoisotopic (exact) mass is 332 g/mol. The normalized spacial score (nSPS) is 12.5. The summed E-state index contributed by atoms with van der Waals surface area (Å²) in [6, 6.07) is 0. The third-order valence-electron chi connectivity index (χ3n) is 2.85. The molecule has 0 atom stereocenters. The van der Waals surface area contributed by atoms with Crippen molar-refractivity contribution in [3.05, 3.63) is 34.6 Å². The predicted molar refractivity (Wildman–Crippen MR) is 75.5 cm³/mol. The fourth-order valence-corrected chi connectivity index (χ4v) is 2.42. The Morgan fingerprint density at radius 1 is 1.32 bits per heavy atom. The van der Waals surface area contributed by atoms with Crippen molar-refractivity contribution in [3.63, 3.8) is 0 Å². The van der Waals surface area contributed by atoms with Crippen molar-refractivity contribution in [2.75, 3.05) is 0 Å². The van der Waals surface area contributed by atoms with Crippen molar-refractivity contribution in [2.24, 2.45) is 0 Å². The summed E-state index contributed by atoms with van der Waals surface area (Å²) in [5.41, 5.74) is -1.68. The summed E-state index contributed by atoms with van der Waals surface area (Å²) < 4.78 is 44.6. The van der Waals surface area contributed by atoms with Crippen molar-refractivity contribution in [2.45, 2.75) is 39.0 Å². The van der Waals surface area contributed by atoms with Crippen LogP contribution in [-0.2, 0) is 18.3 Å². The number of hydrogen-bond acceptors (Lipinski definition) is 4. The van der Waals surface area contributed by atoms with Crippen LogP contribution in [0, 0.1) is 0 Å². The Bertz CT molecular complexity index is 656. The first-order valence-corrected chi connectivity index (χ1v) is 7.26. The number of aromatic nitrogens is 3. The van der Waals surface area contributed by atoms with Crippen LogP contribution >= 0.6 is 11.5 Å². The van der Waals surface area contributed by atoms with Gasteiger partial charge in [0.15, 0.2) is 5.69 Å². The molecule has 120 valence electrons. The maximum atomic E-state index is 13.3. The van der Waals surface area contributed by atoms with E-state index in [9.17, 15) is 18.0 Å². The summed E-state index contributed by atoms with van der Waals surface area (Å²) in [7, 11) is 0. The number of halogens is 3. The van der Waals surface area contributed by atoms with Crippen LogP contribution in [0.15, 0.2) is 17.8 Å². The molecule has 0 bridgehead atoms. The minimum Gasteiger partial charge on any atom is -0.348 e. The number of nitrogens with zero attached hydrogens (tertiary/aromatic N) is 3. The molecule has 0 fully saturated rings. The van der Waals surface area contributed by atoms with E-state index >= 15 is 0 Å². The number of carbonyl (C=O) groups excluding carboxylic acids is 1. The summed E-state index contributed by atoms with van der Waals surface area (Å²) in [5, 5.41) is 7.91. The van der Waals surface area contributed by atoms with Gasteiger partial charge in [0.25, 0.3) is 5.91 Å². The molecule has 0 saturated carbocycles. The van der Waals surface area contributed by atoms with Crippen LogP contribution in [0.1, 0.15) is 42.4 Å². The van der Waals surface area contributed by atoms with E-state index in [1.807, 2.05) is 0 Å². The van der Waals surface area contributed by atoms with E-state index in [4.69, 9.17) is 0 Å². The SMILES string of the molecule is CC(C)(C)n1ncc(C(=O)NCc2cnsc2)c1C(F)(F)F. The van der Waals surface area contributed by atoms with Gasteiger partial charge in [0.05, 0.1) is 17.3 Å². The van der Waals surface area contributed by atoms with Crippen LogP contribution in [-0.4, -0.2) is 20.1 Å². The number of alkyl halides is 3. The van der Waals surface area contributed by atoms with Crippen LogP contribution in [0.5, 0.6) is 0 Å². The highest BCUT2D eigenvalue weighted by atomic mass is 32.1. The lowest BCUT2D eigenvalue weighted by molar-refractivity contribution is -0.146. The van der Waals surface area contributed by atoms with Crippen molar-refractivity contribution in [1.82, 2.24) is 19.5 Å². The molecular weight excluding hydrogens is 317 g/mol. The molecule has 2 heterocycles. The van der Waals surface area contributed by atoms with Crippen LogP contribution in [0.3, 0.4) is 0 Å². The largest absolute Gasteiger partial charge is 0.433 e. The number of nitrogens with one attached hydrogen (secondary N) is 1. The fourth-order valence-electron chi connectivity index (χ4n) is 1.89. The molecule has 1 amide bonds. The molecule has 1 N–H and O–H groups in total. The highest BCUT2D eigenvalue weighted by molar-refractivity contribution is 7.03. The molecule has 0 aliphatic heterocycles. The molecule has 0 aliphatic carbocycles. The van der Waals surface area contributed by atoms with E-state index in [2.05, 4.69) is 14.8 Å². The van der Waals surface area contributed by atoms with E-state index in [0.29, 0.717) is 0 Å². The number of amides is 1. The minimum atomic E-state index is -4.67. The molecular formula is C13H15F3N4OS. The second kappa shape index (κ2) is 5.71. The van der Waals surface area contributed by atoms with Gasteiger partial charge in [-0.2, -0.15) is 18.3 Å². The molecule has 0 aromatic carbocycles. The Labute approximate surface area is 129 Å². The average Bonchev–Trinajstić information content (AvgIpc) is 3.03. The maximum Gasteiger partial charge on any atom is 0.433 e. The van der Waals surface area contributed by atoms with Gasteiger partial charge in [0, 0.05) is 23.7 Å². The molecule has 0 spiro atoms. The first kappa shape index (κ1) is 16.5. The summed E-state index contributed by atoms with van der Waals surface area (Å²) in [6.45, 7) is 4.89. The van der Waals surface area contributed by atoms with Crippen molar-refractivity contribution >= 4 is 17.4 Å². The Morgan fingerprint density at radius 3 is 2.50 bits per heavy atom. The van der Waals surface area contributed by atoms with Gasteiger partial charge < -0.3 is 5.32 Å². The van der Waals surface area contributed by atoms with Crippen LogP contribution in [0.4, 0.5) is 13.2 Å². The molecule has 0 aliphatic rings. The standard InChI is InChI=1S/C13H15F3N4OS/c1-12(2,3)20-10(13(14,15)16)9(6-18-20)11(21)17-4-8-5-19-22-7-8/h5-7H,4H2,1-3H3,(H,17,21). The topological polar surface area (TPSA) is 59.8 Å². The quantitative estimate of drug-likeness (QED) is 0.940. The van der Waals surface area contributed by atoms with Gasteiger partial charge in [-0.15, -0.1) is 0 Å². The highest BCUT2D eigenvalue weighted by Crippen LogP contribution is 2.34. The lowest BCUT2D eigenvalue weighted by atomic mass is 10.1. The highest BCUT2D eigenvalue weighted by Gasteiger charge is 2.42. The maximum absolute atomic E-state index is 13.3. The average molecular weight is 332 g/mol. The molecule has 5 nitrogen and oxygen atoms in total. The molecule has 9 heteroatoms. The smallest absolute Gasteiger partial charge is 0.348 e. The Morgan fingerprint density at radius 2 is 2.00 bits per heavy atom. The van der Waals surface area contributed by atoms with E-state index < -0.39 is 28.9 Å². The van der Waals surface area contributed by atoms with Crippen molar-refractivity contribution < 1.29 is 18.0 Å². The van der Waals surface area contributed by atoms with Crippen molar-refractivity contribution in [3.8, 4) is 0 Å². The van der Waals surface area contributed by atoms with Gasteiger partial charge in [-0.3, -0.25) is 9.48 Å². The third-order valence-corrected chi connectivity index (χ3v) is 3.49. The fraction of sp³-hybridized carbons (Fsp3) is 0.462. The Kier molecular flexibility index (Phi) is 4.28. The second-order valence-electron chi connectivity index (χ2n) is 5.70. The molecule has 2 rings (SSSR count). The molecule has 0 saturated heterocycles. The van der Waals surface area contributed by atoms with Crippen molar-refractivity contribution in [1.29, 1.82) is 0 Å². The summed E-state index contributed by atoms with van der Waals surface area (Å²) >= 11 is 1.20. The molecule has 2 aromatic rings. The number of hydrogen-bond donors (Lipinski definition) is 1. The van der Waals surface area contributed by atoms with E-state index in [0.717, 1.165) is 16.4 Å². The first-order chi connectivity index (χ1) is 10.1. The van der Waals surface area contributed by atoms with Gasteiger partial charge in [0.1, 0.15) is 0 Å². The molecule has 2 aromatic heterocycles. The first-order valence-electron chi connectivity index (χ1n) is 6.43.